The van der Waals surface area contributed by atoms with Crippen molar-refractivity contribution >= 4 is 11.9 Å². The summed E-state index contributed by atoms with van der Waals surface area (Å²) in [6, 6.07) is 16.8. The molecule has 7 nitrogen and oxygen atoms in total. The SMILES string of the molecule is COc1ccc(CN(Cc2cccc(-c3cc(N)n(C)n3)c2)C(=O)O)cc1. The molecule has 2 aromatic carbocycles. The molecule has 0 saturated carbocycles. The van der Waals surface area contributed by atoms with E-state index in [4.69, 9.17) is 10.5 Å². The van der Waals surface area contributed by atoms with Gasteiger partial charge in [0.2, 0.25) is 0 Å². The second kappa shape index (κ2) is 7.82. The number of benzene rings is 2. The molecule has 3 aromatic rings. The van der Waals surface area contributed by atoms with E-state index in [1.54, 1.807) is 24.9 Å². The van der Waals surface area contributed by atoms with Gasteiger partial charge in [0.15, 0.2) is 0 Å². The third-order valence-electron chi connectivity index (χ3n) is 4.32. The molecule has 0 saturated heterocycles. The highest BCUT2D eigenvalue weighted by molar-refractivity contribution is 5.66. The van der Waals surface area contributed by atoms with E-state index in [1.807, 2.05) is 48.5 Å². The molecule has 0 unspecified atom stereocenters. The second-order valence-corrected chi connectivity index (χ2v) is 6.27. The molecule has 7 heteroatoms. The number of nitrogen functional groups attached to an aromatic ring is 1. The normalized spacial score (nSPS) is 10.6. The highest BCUT2D eigenvalue weighted by Gasteiger charge is 2.14. The van der Waals surface area contributed by atoms with E-state index in [0.29, 0.717) is 12.4 Å². The Morgan fingerprint density at radius 2 is 1.85 bits per heavy atom. The number of methoxy groups -OCH3 is 1. The molecule has 27 heavy (non-hydrogen) atoms. The third-order valence-corrected chi connectivity index (χ3v) is 4.32. The van der Waals surface area contributed by atoms with Crippen LogP contribution in [0.1, 0.15) is 11.1 Å². The Morgan fingerprint density at radius 1 is 1.15 bits per heavy atom. The van der Waals surface area contributed by atoms with Crippen LogP contribution in [0.5, 0.6) is 5.75 Å². The molecular weight excluding hydrogens is 344 g/mol. The van der Waals surface area contributed by atoms with E-state index in [-0.39, 0.29) is 6.54 Å². The summed E-state index contributed by atoms with van der Waals surface area (Å²) in [4.78, 5) is 13.1. The first-order chi connectivity index (χ1) is 13.0. The fourth-order valence-corrected chi connectivity index (χ4v) is 2.81. The molecule has 0 aliphatic heterocycles. The van der Waals surface area contributed by atoms with Crippen molar-refractivity contribution in [2.24, 2.45) is 7.05 Å². The van der Waals surface area contributed by atoms with Crippen molar-refractivity contribution < 1.29 is 14.6 Å². The van der Waals surface area contributed by atoms with Crippen LogP contribution in [0.3, 0.4) is 0 Å². The minimum atomic E-state index is -0.974. The molecule has 0 spiro atoms. The van der Waals surface area contributed by atoms with Gasteiger partial charge in [0.1, 0.15) is 11.6 Å². The van der Waals surface area contributed by atoms with E-state index in [1.165, 1.54) is 4.90 Å². The average Bonchev–Trinajstić information content (AvgIpc) is 3.01. The second-order valence-electron chi connectivity index (χ2n) is 6.27. The Morgan fingerprint density at radius 3 is 2.44 bits per heavy atom. The van der Waals surface area contributed by atoms with Crippen LogP contribution in [0.25, 0.3) is 11.3 Å². The lowest BCUT2D eigenvalue weighted by molar-refractivity contribution is 0.139. The molecule has 3 N–H and O–H groups in total. The summed E-state index contributed by atoms with van der Waals surface area (Å²) in [6.45, 7) is 0.567. The lowest BCUT2D eigenvalue weighted by Gasteiger charge is -2.20. The van der Waals surface area contributed by atoms with Gasteiger partial charge in [-0.15, -0.1) is 0 Å². The Kier molecular flexibility index (Phi) is 5.30. The largest absolute Gasteiger partial charge is 0.497 e. The van der Waals surface area contributed by atoms with Crippen LogP contribution in [0.15, 0.2) is 54.6 Å². The molecule has 0 radical (unpaired) electrons. The average molecular weight is 366 g/mol. The predicted octanol–water partition coefficient (Wildman–Crippen LogP) is 3.36. The number of nitrogens with zero attached hydrogens (tertiary/aromatic N) is 3. The molecule has 0 aliphatic rings. The maximum Gasteiger partial charge on any atom is 0.407 e. The molecule has 1 heterocycles. The number of aryl methyl sites for hydroxylation is 1. The molecular formula is C20H22N4O3. The lowest BCUT2D eigenvalue weighted by Crippen LogP contribution is -2.28. The molecule has 0 atom stereocenters. The summed E-state index contributed by atoms with van der Waals surface area (Å²) in [5.74, 6) is 1.31. The summed E-state index contributed by atoms with van der Waals surface area (Å²) >= 11 is 0. The minimum absolute atomic E-state index is 0.275. The third kappa shape index (κ3) is 4.38. The van der Waals surface area contributed by atoms with Crippen molar-refractivity contribution in [3.05, 3.63) is 65.7 Å². The highest BCUT2D eigenvalue weighted by atomic mass is 16.5. The van der Waals surface area contributed by atoms with E-state index >= 15 is 0 Å². The van der Waals surface area contributed by atoms with Crippen LogP contribution in [0.4, 0.5) is 10.6 Å². The monoisotopic (exact) mass is 366 g/mol. The number of ether oxygens (including phenoxy) is 1. The topological polar surface area (TPSA) is 93.6 Å². The molecule has 1 aromatic heterocycles. The molecule has 1 amide bonds. The van der Waals surface area contributed by atoms with Crippen molar-refractivity contribution in [2.45, 2.75) is 13.1 Å². The van der Waals surface area contributed by atoms with Crippen LogP contribution in [0, 0.1) is 0 Å². The number of rotatable bonds is 6. The van der Waals surface area contributed by atoms with Gasteiger partial charge in [0.05, 0.1) is 12.8 Å². The van der Waals surface area contributed by atoms with Gasteiger partial charge in [-0.05, 0) is 29.3 Å². The van der Waals surface area contributed by atoms with Gasteiger partial charge in [0, 0.05) is 31.8 Å². The van der Waals surface area contributed by atoms with Crippen LogP contribution in [0.2, 0.25) is 0 Å². The molecule has 3 rings (SSSR count). The molecule has 0 bridgehead atoms. The standard InChI is InChI=1S/C20H22N4O3/c1-23-19(21)11-18(22-23)16-5-3-4-15(10-16)13-24(20(25)26)12-14-6-8-17(27-2)9-7-14/h3-11H,12-13,21H2,1-2H3,(H,25,26). The first-order valence-electron chi connectivity index (χ1n) is 8.46. The smallest absolute Gasteiger partial charge is 0.407 e. The molecule has 0 aliphatic carbocycles. The number of nitrogens with two attached hydrogens (primary N) is 1. The van der Waals surface area contributed by atoms with Crippen LogP contribution < -0.4 is 10.5 Å². The van der Waals surface area contributed by atoms with E-state index < -0.39 is 6.09 Å². The summed E-state index contributed by atoms with van der Waals surface area (Å²) < 4.78 is 6.74. The van der Waals surface area contributed by atoms with Crippen LogP contribution in [-0.2, 0) is 20.1 Å². The summed E-state index contributed by atoms with van der Waals surface area (Å²) in [6.07, 6.45) is -0.974. The van der Waals surface area contributed by atoms with Gasteiger partial charge in [-0.3, -0.25) is 9.58 Å². The zero-order valence-corrected chi connectivity index (χ0v) is 15.3. The zero-order chi connectivity index (χ0) is 19.4. The Labute approximate surface area is 157 Å². The molecule has 140 valence electrons. The Bertz CT molecular complexity index is 915. The van der Waals surface area contributed by atoms with Crippen LogP contribution >= 0.6 is 0 Å². The fraction of sp³-hybridized carbons (Fsp3) is 0.200. The molecule has 0 fully saturated rings. The quantitative estimate of drug-likeness (QED) is 0.698. The van der Waals surface area contributed by atoms with Gasteiger partial charge in [-0.1, -0.05) is 30.3 Å². The van der Waals surface area contributed by atoms with Crippen molar-refractivity contribution in [1.82, 2.24) is 14.7 Å². The summed E-state index contributed by atoms with van der Waals surface area (Å²) in [7, 11) is 3.38. The number of aromatic nitrogens is 2. The van der Waals surface area contributed by atoms with Crippen molar-refractivity contribution in [1.29, 1.82) is 0 Å². The van der Waals surface area contributed by atoms with Crippen molar-refractivity contribution in [3.63, 3.8) is 0 Å². The van der Waals surface area contributed by atoms with E-state index in [0.717, 1.165) is 28.1 Å². The van der Waals surface area contributed by atoms with Gasteiger partial charge in [0.25, 0.3) is 0 Å². The first kappa shape index (κ1) is 18.3. The van der Waals surface area contributed by atoms with E-state index in [9.17, 15) is 9.90 Å². The number of hydrogen-bond donors (Lipinski definition) is 2. The van der Waals surface area contributed by atoms with Crippen LogP contribution in [-0.4, -0.2) is 33.0 Å². The highest BCUT2D eigenvalue weighted by Crippen LogP contribution is 2.22. The number of hydrogen-bond acceptors (Lipinski definition) is 4. The maximum absolute atomic E-state index is 11.7. The first-order valence-corrected chi connectivity index (χ1v) is 8.46. The summed E-state index contributed by atoms with van der Waals surface area (Å²) in [5.41, 5.74) is 9.28. The fourth-order valence-electron chi connectivity index (χ4n) is 2.81. The number of carboxylic acid groups (broad SMARTS) is 1. The van der Waals surface area contributed by atoms with Crippen molar-refractivity contribution in [2.75, 3.05) is 12.8 Å². The van der Waals surface area contributed by atoms with Gasteiger partial charge in [-0.25, -0.2) is 4.79 Å². The van der Waals surface area contributed by atoms with Gasteiger partial charge >= 0.3 is 6.09 Å². The Hall–Kier alpha value is -3.48. The Balaban J connectivity index is 1.78. The van der Waals surface area contributed by atoms with Gasteiger partial charge < -0.3 is 15.6 Å². The number of carbonyl (C=O) groups is 1. The predicted molar refractivity (Wildman–Crippen MR) is 103 cm³/mol. The van der Waals surface area contributed by atoms with Crippen molar-refractivity contribution in [3.8, 4) is 17.0 Å². The van der Waals surface area contributed by atoms with Gasteiger partial charge in [-0.2, -0.15) is 5.10 Å². The summed E-state index contributed by atoms with van der Waals surface area (Å²) in [5, 5.41) is 14.0. The van der Waals surface area contributed by atoms with E-state index in [2.05, 4.69) is 5.10 Å². The minimum Gasteiger partial charge on any atom is -0.497 e. The number of amides is 1. The number of anilines is 1. The zero-order valence-electron chi connectivity index (χ0n) is 15.3. The lowest BCUT2D eigenvalue weighted by atomic mass is 10.1. The maximum atomic E-state index is 11.7.